The normalized spacial score (nSPS) is 10.0. The number of methoxy groups -OCH3 is 1. The summed E-state index contributed by atoms with van der Waals surface area (Å²) in [5.41, 5.74) is 1.02. The van der Waals surface area contributed by atoms with Gasteiger partial charge in [-0.15, -0.1) is 11.6 Å². The lowest BCUT2D eigenvalue weighted by atomic mass is 10.2. The summed E-state index contributed by atoms with van der Waals surface area (Å²) >= 11 is 8.87. The van der Waals surface area contributed by atoms with Gasteiger partial charge in [-0.05, 0) is 33.6 Å². The first-order chi connectivity index (χ1) is 7.58. The lowest BCUT2D eigenvalue weighted by Crippen LogP contribution is -2.27. The smallest absolute Gasteiger partial charge is 0.237 e. The lowest BCUT2D eigenvalue weighted by molar-refractivity contribution is -0.127. The number of benzene rings is 1. The van der Waals surface area contributed by atoms with Gasteiger partial charge in [0.1, 0.15) is 11.6 Å². The molecule has 16 heavy (non-hydrogen) atoms. The zero-order valence-electron chi connectivity index (χ0n) is 9.17. The van der Waals surface area contributed by atoms with Crippen molar-refractivity contribution in [1.29, 1.82) is 0 Å². The number of alkyl halides is 1. The van der Waals surface area contributed by atoms with Crippen LogP contribution in [0.5, 0.6) is 5.75 Å². The van der Waals surface area contributed by atoms with Gasteiger partial charge in [-0.2, -0.15) is 0 Å². The molecule has 0 aliphatic rings. The third-order valence-corrected chi connectivity index (χ3v) is 3.02. The van der Waals surface area contributed by atoms with E-state index < -0.39 is 0 Å². The van der Waals surface area contributed by atoms with E-state index >= 15 is 0 Å². The van der Waals surface area contributed by atoms with Gasteiger partial charge in [0.25, 0.3) is 0 Å². The Labute approximate surface area is 108 Å². The molecule has 5 heteroatoms. The number of hydrogen-bond acceptors (Lipinski definition) is 2. The molecule has 0 aliphatic heterocycles. The minimum Gasteiger partial charge on any atom is -0.496 e. The fourth-order valence-corrected chi connectivity index (χ4v) is 2.06. The molecule has 0 heterocycles. The van der Waals surface area contributed by atoms with Crippen molar-refractivity contribution < 1.29 is 9.53 Å². The summed E-state index contributed by atoms with van der Waals surface area (Å²) < 4.78 is 6.00. The molecule has 1 aromatic rings. The number of rotatable bonds is 4. The molecule has 3 nitrogen and oxygen atoms in total. The molecule has 0 spiro atoms. The van der Waals surface area contributed by atoms with Crippen LogP contribution >= 0.6 is 27.5 Å². The maximum atomic E-state index is 11.3. The first-order valence-electron chi connectivity index (χ1n) is 4.70. The van der Waals surface area contributed by atoms with Crippen molar-refractivity contribution in [3.63, 3.8) is 0 Å². The molecule has 0 radical (unpaired) electrons. The first kappa shape index (κ1) is 13.3. The van der Waals surface area contributed by atoms with Gasteiger partial charge in [0.15, 0.2) is 0 Å². The summed E-state index contributed by atoms with van der Waals surface area (Å²) in [6.07, 6.45) is 0. The van der Waals surface area contributed by atoms with Gasteiger partial charge in [0.2, 0.25) is 5.91 Å². The van der Waals surface area contributed by atoms with Gasteiger partial charge in [-0.1, -0.05) is 6.07 Å². The zero-order valence-corrected chi connectivity index (χ0v) is 11.5. The van der Waals surface area contributed by atoms with E-state index in [0.29, 0.717) is 6.54 Å². The van der Waals surface area contributed by atoms with Crippen molar-refractivity contribution in [2.45, 2.75) is 6.54 Å². The summed E-state index contributed by atoms with van der Waals surface area (Å²) in [6.45, 7) is 0.536. The standard InChI is InChI=1S/C11H13BrClNO2/c1-14(11(15)6-13)7-8-3-4-10(16-2)9(12)5-8/h3-5H,6-7H2,1-2H3. The third kappa shape index (κ3) is 3.39. The van der Waals surface area contributed by atoms with Gasteiger partial charge in [-0.25, -0.2) is 0 Å². The van der Waals surface area contributed by atoms with Gasteiger partial charge >= 0.3 is 0 Å². The monoisotopic (exact) mass is 305 g/mol. The quantitative estimate of drug-likeness (QED) is 0.800. The first-order valence-corrected chi connectivity index (χ1v) is 6.03. The minimum absolute atomic E-state index is 0.00776. The van der Waals surface area contributed by atoms with Gasteiger partial charge in [-0.3, -0.25) is 4.79 Å². The maximum absolute atomic E-state index is 11.3. The highest BCUT2D eigenvalue weighted by molar-refractivity contribution is 9.10. The van der Waals surface area contributed by atoms with Crippen LogP contribution in [-0.2, 0) is 11.3 Å². The van der Waals surface area contributed by atoms with Crippen molar-refractivity contribution in [3.05, 3.63) is 28.2 Å². The van der Waals surface area contributed by atoms with Crippen molar-refractivity contribution in [3.8, 4) is 5.75 Å². The second-order valence-electron chi connectivity index (χ2n) is 3.35. The molecular weight excluding hydrogens is 293 g/mol. The Bertz CT molecular complexity index is 384. The van der Waals surface area contributed by atoms with E-state index in [1.165, 1.54) is 0 Å². The Morgan fingerprint density at radius 3 is 2.75 bits per heavy atom. The highest BCUT2D eigenvalue weighted by atomic mass is 79.9. The number of halogens is 2. The highest BCUT2D eigenvalue weighted by Gasteiger charge is 2.08. The molecule has 0 aliphatic carbocycles. The number of carbonyl (C=O) groups is 1. The predicted molar refractivity (Wildman–Crippen MR) is 67.9 cm³/mol. The number of carbonyl (C=O) groups excluding carboxylic acids is 1. The van der Waals surface area contributed by atoms with Crippen molar-refractivity contribution >= 4 is 33.4 Å². The molecule has 0 N–H and O–H groups in total. The Balaban J connectivity index is 2.75. The third-order valence-electron chi connectivity index (χ3n) is 2.18. The van der Waals surface area contributed by atoms with Crippen LogP contribution in [0.4, 0.5) is 0 Å². The molecule has 1 rings (SSSR count). The van der Waals surface area contributed by atoms with Gasteiger partial charge in [0.05, 0.1) is 11.6 Å². The summed E-state index contributed by atoms with van der Waals surface area (Å²) in [5.74, 6) is 0.692. The molecule has 0 fully saturated rings. The van der Waals surface area contributed by atoms with E-state index in [9.17, 15) is 4.79 Å². The van der Waals surface area contributed by atoms with Crippen molar-refractivity contribution in [2.24, 2.45) is 0 Å². The van der Waals surface area contributed by atoms with Crippen LogP contribution in [0.15, 0.2) is 22.7 Å². The molecule has 0 atom stereocenters. The fourth-order valence-electron chi connectivity index (χ4n) is 1.27. The zero-order chi connectivity index (χ0) is 12.1. The molecule has 0 bridgehead atoms. The van der Waals surface area contributed by atoms with Crippen molar-refractivity contribution in [2.75, 3.05) is 20.0 Å². The van der Waals surface area contributed by atoms with E-state index in [1.807, 2.05) is 18.2 Å². The van der Waals surface area contributed by atoms with E-state index in [0.717, 1.165) is 15.8 Å². The van der Waals surface area contributed by atoms with E-state index in [2.05, 4.69) is 15.9 Å². The van der Waals surface area contributed by atoms with Crippen LogP contribution in [0.1, 0.15) is 5.56 Å². The Morgan fingerprint density at radius 2 is 2.25 bits per heavy atom. The van der Waals surface area contributed by atoms with Crippen LogP contribution in [0.3, 0.4) is 0 Å². The van der Waals surface area contributed by atoms with Crippen LogP contribution < -0.4 is 4.74 Å². The summed E-state index contributed by atoms with van der Waals surface area (Å²) in [4.78, 5) is 12.9. The average Bonchev–Trinajstić information content (AvgIpc) is 2.28. The number of hydrogen-bond donors (Lipinski definition) is 0. The number of ether oxygens (including phenoxy) is 1. The largest absolute Gasteiger partial charge is 0.496 e. The average molecular weight is 307 g/mol. The Morgan fingerprint density at radius 1 is 1.56 bits per heavy atom. The maximum Gasteiger partial charge on any atom is 0.237 e. The number of nitrogens with zero attached hydrogens (tertiary/aromatic N) is 1. The van der Waals surface area contributed by atoms with E-state index in [-0.39, 0.29) is 11.8 Å². The van der Waals surface area contributed by atoms with Crippen LogP contribution in [0.25, 0.3) is 0 Å². The van der Waals surface area contributed by atoms with Crippen LogP contribution in [-0.4, -0.2) is 30.8 Å². The summed E-state index contributed by atoms with van der Waals surface area (Å²) in [5, 5.41) is 0. The summed E-state index contributed by atoms with van der Waals surface area (Å²) in [7, 11) is 3.34. The van der Waals surface area contributed by atoms with Crippen LogP contribution in [0.2, 0.25) is 0 Å². The van der Waals surface area contributed by atoms with Crippen LogP contribution in [0, 0.1) is 0 Å². The topological polar surface area (TPSA) is 29.5 Å². The SMILES string of the molecule is COc1ccc(CN(C)C(=O)CCl)cc1Br. The highest BCUT2D eigenvalue weighted by Crippen LogP contribution is 2.25. The molecular formula is C11H13BrClNO2. The Hall–Kier alpha value is -0.740. The van der Waals surface area contributed by atoms with Gasteiger partial charge < -0.3 is 9.64 Å². The molecule has 1 amide bonds. The van der Waals surface area contributed by atoms with Gasteiger partial charge in [0, 0.05) is 13.6 Å². The fraction of sp³-hybridized carbons (Fsp3) is 0.364. The van der Waals surface area contributed by atoms with E-state index in [4.69, 9.17) is 16.3 Å². The predicted octanol–water partition coefficient (Wildman–Crippen LogP) is 2.65. The minimum atomic E-state index is -0.0893. The number of amides is 1. The molecule has 0 saturated heterocycles. The lowest BCUT2D eigenvalue weighted by Gasteiger charge is -2.16. The molecule has 1 aromatic carbocycles. The molecule has 0 aromatic heterocycles. The Kier molecular flexibility index (Phi) is 5.09. The summed E-state index contributed by atoms with van der Waals surface area (Å²) in [6, 6.07) is 5.71. The molecule has 88 valence electrons. The molecule has 0 saturated carbocycles. The molecule has 0 unspecified atom stereocenters. The second kappa shape index (κ2) is 6.11. The second-order valence-corrected chi connectivity index (χ2v) is 4.47. The van der Waals surface area contributed by atoms with E-state index in [1.54, 1.807) is 19.1 Å². The van der Waals surface area contributed by atoms with Crippen molar-refractivity contribution in [1.82, 2.24) is 4.90 Å².